The Hall–Kier alpha value is -3.36. The summed E-state index contributed by atoms with van der Waals surface area (Å²) in [5, 5.41) is 12.2. The van der Waals surface area contributed by atoms with Crippen molar-refractivity contribution < 1.29 is 4.79 Å². The zero-order valence-electron chi connectivity index (χ0n) is 17.4. The van der Waals surface area contributed by atoms with Crippen LogP contribution in [0.5, 0.6) is 0 Å². The molecule has 5 heteroatoms. The number of aromatic nitrogens is 1. The van der Waals surface area contributed by atoms with E-state index in [2.05, 4.69) is 40.0 Å². The van der Waals surface area contributed by atoms with Crippen molar-refractivity contribution in [2.45, 2.75) is 32.4 Å². The summed E-state index contributed by atoms with van der Waals surface area (Å²) in [5.41, 5.74) is 5.03. The lowest BCUT2D eigenvalue weighted by molar-refractivity contribution is 0.0666. The lowest BCUT2D eigenvalue weighted by atomic mass is 9.94. The molecule has 0 saturated heterocycles. The summed E-state index contributed by atoms with van der Waals surface area (Å²) in [5.74, 6) is 0.0982. The van der Waals surface area contributed by atoms with Crippen LogP contribution in [0.3, 0.4) is 0 Å². The first kappa shape index (κ1) is 19.6. The molecule has 0 radical (unpaired) electrons. The van der Waals surface area contributed by atoms with Crippen LogP contribution in [-0.2, 0) is 19.4 Å². The van der Waals surface area contributed by atoms with Gasteiger partial charge in [-0.25, -0.2) is 0 Å². The second kappa shape index (κ2) is 8.05. The largest absolute Gasteiger partial charge is 0.347 e. The van der Waals surface area contributed by atoms with Crippen LogP contribution in [0, 0.1) is 11.3 Å². The van der Waals surface area contributed by atoms with Crippen LogP contribution in [0.25, 0.3) is 10.9 Å². The maximum Gasteiger partial charge on any atom is 0.256 e. The van der Waals surface area contributed by atoms with E-state index in [1.807, 2.05) is 48.7 Å². The lowest BCUT2D eigenvalue weighted by Crippen LogP contribution is -2.40. The average Bonchev–Trinajstić information content (AvgIpc) is 3.44. The molecule has 5 rings (SSSR count). The third-order valence-corrected chi connectivity index (χ3v) is 7.27. The van der Waals surface area contributed by atoms with E-state index in [1.54, 1.807) is 11.3 Å². The Morgan fingerprint density at radius 2 is 1.97 bits per heavy atom. The third kappa shape index (κ3) is 3.43. The Labute approximate surface area is 186 Å². The van der Waals surface area contributed by atoms with Crippen LogP contribution in [0.4, 0.5) is 0 Å². The number of nitriles is 1. The van der Waals surface area contributed by atoms with Gasteiger partial charge in [-0.05, 0) is 60.5 Å². The highest BCUT2D eigenvalue weighted by Crippen LogP contribution is 2.38. The Balaban J connectivity index is 1.54. The third-order valence-electron chi connectivity index (χ3n) is 6.21. The molecule has 0 bridgehead atoms. The zero-order valence-corrected chi connectivity index (χ0v) is 18.2. The molecule has 1 aliphatic heterocycles. The van der Waals surface area contributed by atoms with Crippen LogP contribution in [0.15, 0.2) is 66.2 Å². The van der Waals surface area contributed by atoms with E-state index in [4.69, 9.17) is 5.26 Å². The number of aryl methyl sites for hydroxylation is 1. The fourth-order valence-electron chi connectivity index (χ4n) is 4.60. The maximum absolute atomic E-state index is 13.8. The van der Waals surface area contributed by atoms with E-state index >= 15 is 0 Å². The second-order valence-corrected chi connectivity index (χ2v) is 8.88. The van der Waals surface area contributed by atoms with E-state index in [-0.39, 0.29) is 11.9 Å². The number of carbonyl (C=O) groups excluding carboxylic acids is 1. The van der Waals surface area contributed by atoms with Gasteiger partial charge in [-0.3, -0.25) is 4.79 Å². The molecule has 0 N–H and O–H groups in total. The van der Waals surface area contributed by atoms with Gasteiger partial charge in [-0.1, -0.05) is 30.3 Å². The maximum atomic E-state index is 13.8. The Bertz CT molecular complexity index is 1290. The van der Waals surface area contributed by atoms with Crippen molar-refractivity contribution in [3.05, 3.63) is 93.3 Å². The van der Waals surface area contributed by atoms with Gasteiger partial charge < -0.3 is 9.47 Å². The number of fused-ring (bicyclic) bond motifs is 2. The first-order valence-corrected chi connectivity index (χ1v) is 11.5. The summed E-state index contributed by atoms with van der Waals surface area (Å²) < 4.78 is 2.15. The van der Waals surface area contributed by atoms with Crippen LogP contribution in [0.1, 0.15) is 44.9 Å². The minimum Gasteiger partial charge on any atom is -0.347 e. The zero-order chi connectivity index (χ0) is 21.4. The molecular formula is C26H23N3OS. The van der Waals surface area contributed by atoms with Crippen molar-refractivity contribution in [3.8, 4) is 6.07 Å². The minimum atomic E-state index is 0.00734. The monoisotopic (exact) mass is 425 g/mol. The predicted molar refractivity (Wildman–Crippen MR) is 124 cm³/mol. The van der Waals surface area contributed by atoms with Crippen molar-refractivity contribution in [1.29, 1.82) is 5.26 Å². The van der Waals surface area contributed by atoms with Crippen molar-refractivity contribution in [2.24, 2.45) is 0 Å². The molecule has 0 fully saturated rings. The van der Waals surface area contributed by atoms with Crippen molar-refractivity contribution in [3.63, 3.8) is 0 Å². The van der Waals surface area contributed by atoms with Gasteiger partial charge in [0.15, 0.2) is 0 Å². The molecule has 4 aromatic rings. The van der Waals surface area contributed by atoms with E-state index in [0.717, 1.165) is 48.0 Å². The van der Waals surface area contributed by atoms with Gasteiger partial charge in [0.1, 0.15) is 0 Å². The summed E-state index contributed by atoms with van der Waals surface area (Å²) in [6, 6.07) is 20.3. The molecule has 4 nitrogen and oxygen atoms in total. The molecule has 2 aromatic carbocycles. The molecule has 2 aromatic heterocycles. The van der Waals surface area contributed by atoms with Gasteiger partial charge >= 0.3 is 0 Å². The number of para-hydroxylation sites is 1. The Morgan fingerprint density at radius 3 is 2.74 bits per heavy atom. The highest BCUT2D eigenvalue weighted by Gasteiger charge is 2.33. The lowest BCUT2D eigenvalue weighted by Gasteiger charge is -2.36. The van der Waals surface area contributed by atoms with E-state index < -0.39 is 0 Å². The number of amides is 1. The Morgan fingerprint density at radius 1 is 1.16 bits per heavy atom. The molecule has 3 heterocycles. The average molecular weight is 426 g/mol. The van der Waals surface area contributed by atoms with E-state index in [1.165, 1.54) is 10.4 Å². The fraction of sp³-hybridized carbons (Fsp3) is 0.231. The first-order valence-electron chi connectivity index (χ1n) is 10.6. The molecule has 1 aliphatic rings. The number of nitrogens with zero attached hydrogens (tertiary/aromatic N) is 3. The van der Waals surface area contributed by atoms with Crippen LogP contribution in [-0.4, -0.2) is 21.9 Å². The molecule has 0 saturated carbocycles. The number of hydrogen-bond acceptors (Lipinski definition) is 3. The predicted octanol–water partition coefficient (Wildman–Crippen LogP) is 5.58. The summed E-state index contributed by atoms with van der Waals surface area (Å²) in [6.45, 7) is 3.65. The molecule has 1 amide bonds. The number of hydrogen-bond donors (Lipinski definition) is 0. The van der Waals surface area contributed by atoms with Crippen LogP contribution >= 0.6 is 11.3 Å². The normalized spacial score (nSPS) is 15.6. The van der Waals surface area contributed by atoms with Crippen LogP contribution in [0.2, 0.25) is 0 Å². The topological polar surface area (TPSA) is 49.0 Å². The van der Waals surface area contributed by atoms with Gasteiger partial charge in [0.05, 0.1) is 23.2 Å². The highest BCUT2D eigenvalue weighted by atomic mass is 32.1. The standard InChI is InChI=1S/C26H23N3OS/c1-2-28-17-22(21-5-3-4-6-23(21)28)26(30)29-13-11-20-12-14-31-25(20)24(29)15-18-7-9-19(16-27)10-8-18/h3-10,12,14,17,24H,2,11,13,15H2,1H3. The van der Waals surface area contributed by atoms with E-state index in [9.17, 15) is 4.79 Å². The summed E-state index contributed by atoms with van der Waals surface area (Å²) in [6.07, 6.45) is 3.65. The molecule has 1 atom stereocenters. The molecular weight excluding hydrogens is 402 g/mol. The molecule has 1 unspecified atom stereocenters. The highest BCUT2D eigenvalue weighted by molar-refractivity contribution is 7.10. The van der Waals surface area contributed by atoms with Crippen molar-refractivity contribution >= 4 is 28.1 Å². The summed E-state index contributed by atoms with van der Waals surface area (Å²) >= 11 is 1.74. The SMILES string of the molecule is CCn1cc(C(=O)N2CCc3ccsc3C2Cc2ccc(C#N)cc2)c2ccccc21. The van der Waals surface area contributed by atoms with E-state index in [0.29, 0.717) is 5.56 Å². The van der Waals surface area contributed by atoms with Gasteiger partial charge in [0, 0.05) is 35.1 Å². The minimum absolute atomic E-state index is 0.00734. The molecule has 0 spiro atoms. The molecule has 31 heavy (non-hydrogen) atoms. The van der Waals surface area contributed by atoms with Crippen molar-refractivity contribution in [1.82, 2.24) is 9.47 Å². The number of benzene rings is 2. The molecule has 0 aliphatic carbocycles. The first-order chi connectivity index (χ1) is 15.2. The quantitative estimate of drug-likeness (QED) is 0.429. The van der Waals surface area contributed by atoms with Gasteiger partial charge in [0.2, 0.25) is 0 Å². The number of thiophene rings is 1. The van der Waals surface area contributed by atoms with Gasteiger partial charge in [0.25, 0.3) is 5.91 Å². The van der Waals surface area contributed by atoms with Gasteiger partial charge in [-0.15, -0.1) is 11.3 Å². The van der Waals surface area contributed by atoms with Gasteiger partial charge in [-0.2, -0.15) is 5.26 Å². The van der Waals surface area contributed by atoms with Crippen molar-refractivity contribution in [2.75, 3.05) is 6.54 Å². The van der Waals surface area contributed by atoms with Crippen LogP contribution < -0.4 is 0 Å². The second-order valence-electron chi connectivity index (χ2n) is 7.93. The summed E-state index contributed by atoms with van der Waals surface area (Å²) in [4.78, 5) is 17.2. The smallest absolute Gasteiger partial charge is 0.256 e. The Kier molecular flexibility index (Phi) is 5.09. The number of rotatable bonds is 4. The molecule has 154 valence electrons. The summed E-state index contributed by atoms with van der Waals surface area (Å²) in [7, 11) is 0. The fourth-order valence-corrected chi connectivity index (χ4v) is 5.67. The number of carbonyl (C=O) groups is 1.